The Labute approximate surface area is 434 Å². The average Bonchev–Trinajstić information content (AvgIpc) is 3.36. The number of carbonyl (C=O) groups excluding carboxylic acids is 3. The Balaban J connectivity index is 4.29. The Bertz CT molecular complexity index is 1260. The first-order chi connectivity index (χ1) is 34.5. The quantitative estimate of drug-likeness (QED) is 0.0261. The molecule has 70 heavy (non-hydrogen) atoms. The zero-order valence-corrected chi connectivity index (χ0v) is 46.5. The molecule has 0 amide bonds. The molecule has 0 N–H and O–H groups in total. The number of carbonyl (C=O) groups is 3. The second kappa shape index (κ2) is 58.7. The molecule has 0 saturated carbocycles. The van der Waals surface area contributed by atoms with Crippen molar-refractivity contribution in [1.82, 2.24) is 0 Å². The van der Waals surface area contributed by atoms with Crippen LogP contribution in [-0.4, -0.2) is 37.2 Å². The minimum absolute atomic E-state index is 0.0799. The van der Waals surface area contributed by atoms with Crippen LogP contribution in [0, 0.1) is 0 Å². The smallest absolute Gasteiger partial charge is 0.306 e. The van der Waals surface area contributed by atoms with Crippen LogP contribution in [0.1, 0.15) is 310 Å². The van der Waals surface area contributed by atoms with Gasteiger partial charge in [-0.3, -0.25) is 14.4 Å². The van der Waals surface area contributed by atoms with Gasteiger partial charge >= 0.3 is 17.9 Å². The molecule has 1 unspecified atom stereocenters. The highest BCUT2D eigenvalue weighted by Crippen LogP contribution is 2.16. The molecule has 6 nitrogen and oxygen atoms in total. The fourth-order valence-corrected chi connectivity index (χ4v) is 8.60. The van der Waals surface area contributed by atoms with Gasteiger partial charge in [-0.15, -0.1) is 0 Å². The van der Waals surface area contributed by atoms with Crippen LogP contribution in [-0.2, 0) is 28.6 Å². The van der Waals surface area contributed by atoms with E-state index in [4.69, 9.17) is 14.2 Å². The molecule has 1 atom stereocenters. The van der Waals surface area contributed by atoms with E-state index in [1.165, 1.54) is 186 Å². The topological polar surface area (TPSA) is 78.9 Å². The molecule has 0 aromatic rings. The fraction of sp³-hybridized carbons (Fsp3) is 0.797. The van der Waals surface area contributed by atoms with Gasteiger partial charge in [0.05, 0.1) is 0 Å². The van der Waals surface area contributed by atoms with E-state index >= 15 is 0 Å². The number of esters is 3. The van der Waals surface area contributed by atoms with Crippen molar-refractivity contribution in [2.75, 3.05) is 13.2 Å². The van der Waals surface area contributed by atoms with E-state index in [2.05, 4.69) is 81.5 Å². The van der Waals surface area contributed by atoms with E-state index in [0.717, 1.165) is 83.5 Å². The van der Waals surface area contributed by atoms with E-state index in [0.29, 0.717) is 19.3 Å². The van der Waals surface area contributed by atoms with Gasteiger partial charge in [0.1, 0.15) is 13.2 Å². The third kappa shape index (κ3) is 56.0. The molecule has 0 fully saturated rings. The van der Waals surface area contributed by atoms with Crippen molar-refractivity contribution >= 4 is 17.9 Å². The second-order valence-electron chi connectivity index (χ2n) is 20.2. The number of hydrogen-bond acceptors (Lipinski definition) is 6. The average molecular weight is 980 g/mol. The summed E-state index contributed by atoms with van der Waals surface area (Å²) in [6.07, 6.45) is 73.6. The lowest BCUT2D eigenvalue weighted by Gasteiger charge is -2.18. The largest absolute Gasteiger partial charge is 0.462 e. The van der Waals surface area contributed by atoms with Gasteiger partial charge in [-0.2, -0.15) is 0 Å². The van der Waals surface area contributed by atoms with E-state index in [-0.39, 0.29) is 31.1 Å². The lowest BCUT2D eigenvalue weighted by Crippen LogP contribution is -2.30. The van der Waals surface area contributed by atoms with Gasteiger partial charge in [-0.05, 0) is 103 Å². The molecule has 0 aromatic carbocycles. The van der Waals surface area contributed by atoms with Crippen LogP contribution in [0.25, 0.3) is 0 Å². The summed E-state index contributed by atoms with van der Waals surface area (Å²) in [5.41, 5.74) is 0. The predicted molar refractivity (Wildman–Crippen MR) is 302 cm³/mol. The van der Waals surface area contributed by atoms with Gasteiger partial charge in [0, 0.05) is 19.3 Å². The van der Waals surface area contributed by atoms with Crippen molar-refractivity contribution < 1.29 is 28.6 Å². The van der Waals surface area contributed by atoms with Crippen molar-refractivity contribution in [3.8, 4) is 0 Å². The van der Waals surface area contributed by atoms with Crippen LogP contribution in [0.2, 0.25) is 0 Å². The summed E-state index contributed by atoms with van der Waals surface area (Å²) >= 11 is 0. The first-order valence-corrected chi connectivity index (χ1v) is 30.3. The summed E-state index contributed by atoms with van der Waals surface area (Å²) in [4.78, 5) is 38.2. The van der Waals surface area contributed by atoms with Gasteiger partial charge in [-0.1, -0.05) is 248 Å². The van der Waals surface area contributed by atoms with Crippen LogP contribution in [0.5, 0.6) is 0 Å². The second-order valence-corrected chi connectivity index (χ2v) is 20.2. The summed E-state index contributed by atoms with van der Waals surface area (Å²) in [7, 11) is 0. The maximum Gasteiger partial charge on any atom is 0.306 e. The molecule has 0 radical (unpaired) electrons. The summed E-state index contributed by atoms with van der Waals surface area (Å²) in [5.74, 6) is -0.888. The maximum atomic E-state index is 12.9. The molecule has 0 heterocycles. The monoisotopic (exact) mass is 979 g/mol. The zero-order valence-electron chi connectivity index (χ0n) is 46.5. The summed E-state index contributed by atoms with van der Waals surface area (Å²) in [6.45, 7) is 6.59. The van der Waals surface area contributed by atoms with Gasteiger partial charge in [0.15, 0.2) is 6.10 Å². The van der Waals surface area contributed by atoms with E-state index in [1.54, 1.807) is 0 Å². The molecule has 0 saturated heterocycles. The summed E-state index contributed by atoms with van der Waals surface area (Å²) in [6, 6.07) is 0. The Hall–Kier alpha value is -2.89. The SMILES string of the molecule is CCCC/C=C\CCCCCCCC(=O)OCC(COC(=O)CCCCCCCCCCCCC/C=C\C/C=C\CCCCCCC)OC(=O)CCCCCCCCC/C=C\C/C=C\CCCCCC. The highest BCUT2D eigenvalue weighted by atomic mass is 16.6. The van der Waals surface area contributed by atoms with Crippen molar-refractivity contribution in [2.24, 2.45) is 0 Å². The van der Waals surface area contributed by atoms with Crippen molar-refractivity contribution in [1.29, 1.82) is 0 Å². The lowest BCUT2D eigenvalue weighted by molar-refractivity contribution is -0.167. The van der Waals surface area contributed by atoms with Gasteiger partial charge in [0.25, 0.3) is 0 Å². The third-order valence-corrected chi connectivity index (χ3v) is 13.2. The number of allylic oxidation sites excluding steroid dienone is 10. The fourth-order valence-electron chi connectivity index (χ4n) is 8.60. The number of hydrogen-bond donors (Lipinski definition) is 0. The summed E-state index contributed by atoms with van der Waals surface area (Å²) < 4.78 is 16.9. The van der Waals surface area contributed by atoms with Crippen LogP contribution in [0.4, 0.5) is 0 Å². The van der Waals surface area contributed by atoms with Gasteiger partial charge in [0.2, 0.25) is 0 Å². The molecule has 0 aliphatic heterocycles. The Morgan fingerprint density at radius 2 is 0.529 bits per heavy atom. The van der Waals surface area contributed by atoms with Crippen molar-refractivity contribution in [3.63, 3.8) is 0 Å². The highest BCUT2D eigenvalue weighted by Gasteiger charge is 2.19. The molecule has 0 spiro atoms. The number of ether oxygens (including phenoxy) is 3. The number of rotatable bonds is 55. The normalized spacial score (nSPS) is 12.4. The van der Waals surface area contributed by atoms with Gasteiger partial charge < -0.3 is 14.2 Å². The van der Waals surface area contributed by atoms with Crippen LogP contribution < -0.4 is 0 Å². The predicted octanol–water partition coefficient (Wildman–Crippen LogP) is 20.4. The molecule has 0 rings (SSSR count). The minimum Gasteiger partial charge on any atom is -0.462 e. The molecule has 0 bridgehead atoms. The number of unbranched alkanes of at least 4 members (excludes halogenated alkanes) is 34. The van der Waals surface area contributed by atoms with E-state index in [1.807, 2.05) is 0 Å². The zero-order chi connectivity index (χ0) is 50.7. The molecule has 6 heteroatoms. The molecule has 0 aliphatic carbocycles. The summed E-state index contributed by atoms with van der Waals surface area (Å²) in [5, 5.41) is 0. The van der Waals surface area contributed by atoms with Crippen LogP contribution in [0.15, 0.2) is 60.8 Å². The van der Waals surface area contributed by atoms with Crippen LogP contribution in [0.3, 0.4) is 0 Å². The lowest BCUT2D eigenvalue weighted by atomic mass is 10.0. The molecular weight excluding hydrogens is 865 g/mol. The van der Waals surface area contributed by atoms with Gasteiger partial charge in [-0.25, -0.2) is 0 Å². The van der Waals surface area contributed by atoms with Crippen LogP contribution >= 0.6 is 0 Å². The molecule has 0 aromatic heterocycles. The Kier molecular flexibility index (Phi) is 56.3. The Morgan fingerprint density at radius 1 is 0.286 bits per heavy atom. The Morgan fingerprint density at radius 3 is 0.857 bits per heavy atom. The van der Waals surface area contributed by atoms with Crippen molar-refractivity contribution in [2.45, 2.75) is 316 Å². The maximum absolute atomic E-state index is 12.9. The third-order valence-electron chi connectivity index (χ3n) is 13.2. The minimum atomic E-state index is -0.782. The van der Waals surface area contributed by atoms with Crippen molar-refractivity contribution in [3.05, 3.63) is 60.8 Å². The molecular formula is C64H114O6. The highest BCUT2D eigenvalue weighted by molar-refractivity contribution is 5.71. The first-order valence-electron chi connectivity index (χ1n) is 30.3. The van der Waals surface area contributed by atoms with E-state index in [9.17, 15) is 14.4 Å². The standard InChI is InChI=1S/C64H114O6/c1-4-7-10-13-16-19-22-24-26-28-30-31-32-33-34-36-37-39-42-45-48-51-54-57-63(66)69-60-61(59-68-62(65)56-53-50-47-44-41-21-18-15-12-9-6-3)70-64(67)58-55-52-49-46-43-40-38-35-29-27-25-23-20-17-14-11-8-5-2/h15,18,20,22-24,27-30,61H,4-14,16-17,19,21,25-26,31-60H2,1-3H3/b18-15-,23-20-,24-22-,29-27-,30-28-. The van der Waals surface area contributed by atoms with E-state index < -0.39 is 6.10 Å². The first kappa shape index (κ1) is 67.1. The molecule has 0 aliphatic rings. The molecule has 406 valence electrons.